The Morgan fingerprint density at radius 1 is 1.40 bits per heavy atom. The summed E-state index contributed by atoms with van der Waals surface area (Å²) < 4.78 is 12.8. The van der Waals surface area contributed by atoms with Crippen LogP contribution >= 0.6 is 0 Å². The molecule has 0 aromatic heterocycles. The molecule has 1 fully saturated rings. The standard InChI is InChI=1S/C14H20FN3O2/c15-11-3-1-10(2-4-11)13(19)9-18-7-5-12(6-8-18)17-14(16)20/h1-4,12-13,19H,5-9H2,(H3,16,17,20). The Hall–Kier alpha value is -1.66. The number of carbonyl (C=O) groups excluding carboxylic acids is 1. The summed E-state index contributed by atoms with van der Waals surface area (Å²) in [5.74, 6) is -0.306. The van der Waals surface area contributed by atoms with Crippen molar-refractivity contribution in [3.63, 3.8) is 0 Å². The molecule has 1 aliphatic heterocycles. The number of hydrogen-bond acceptors (Lipinski definition) is 3. The van der Waals surface area contributed by atoms with Crippen molar-refractivity contribution in [1.29, 1.82) is 0 Å². The van der Waals surface area contributed by atoms with E-state index in [-0.39, 0.29) is 11.9 Å². The van der Waals surface area contributed by atoms with Crippen LogP contribution in [0.1, 0.15) is 24.5 Å². The number of nitrogens with zero attached hydrogens (tertiary/aromatic N) is 1. The van der Waals surface area contributed by atoms with Gasteiger partial charge in [-0.15, -0.1) is 0 Å². The summed E-state index contributed by atoms with van der Waals surface area (Å²) in [7, 11) is 0. The van der Waals surface area contributed by atoms with Crippen LogP contribution in [0, 0.1) is 5.82 Å². The molecule has 0 aliphatic carbocycles. The van der Waals surface area contributed by atoms with Crippen molar-refractivity contribution < 1.29 is 14.3 Å². The lowest BCUT2D eigenvalue weighted by molar-refractivity contribution is 0.0950. The molecule has 0 radical (unpaired) electrons. The Balaban J connectivity index is 1.80. The summed E-state index contributed by atoms with van der Waals surface area (Å²) in [5.41, 5.74) is 5.80. The minimum Gasteiger partial charge on any atom is -0.387 e. The average molecular weight is 281 g/mol. The number of nitrogens with two attached hydrogens (primary N) is 1. The topological polar surface area (TPSA) is 78.6 Å². The predicted octanol–water partition coefficient (Wildman–Crippen LogP) is 0.992. The maximum Gasteiger partial charge on any atom is 0.312 e. The molecule has 5 nitrogen and oxygen atoms in total. The number of aliphatic hydroxyl groups excluding tert-OH is 1. The van der Waals surface area contributed by atoms with Gasteiger partial charge in [0.1, 0.15) is 5.82 Å². The minimum atomic E-state index is -0.628. The number of likely N-dealkylation sites (tertiary alicyclic amines) is 1. The Bertz CT molecular complexity index is 444. The molecule has 1 aliphatic rings. The van der Waals surface area contributed by atoms with E-state index in [1.165, 1.54) is 12.1 Å². The highest BCUT2D eigenvalue weighted by molar-refractivity contribution is 5.71. The molecule has 4 N–H and O–H groups in total. The highest BCUT2D eigenvalue weighted by atomic mass is 19.1. The number of amides is 2. The lowest BCUT2D eigenvalue weighted by Crippen LogP contribution is -2.47. The third-order valence-electron chi connectivity index (χ3n) is 3.62. The van der Waals surface area contributed by atoms with E-state index in [4.69, 9.17) is 5.73 Å². The Kier molecular flexibility index (Phi) is 4.92. The highest BCUT2D eigenvalue weighted by Crippen LogP contribution is 2.18. The van der Waals surface area contributed by atoms with Crippen molar-refractivity contribution in [2.45, 2.75) is 25.0 Å². The molecule has 1 saturated heterocycles. The molecule has 0 bridgehead atoms. The number of urea groups is 1. The zero-order valence-electron chi connectivity index (χ0n) is 11.3. The van der Waals surface area contributed by atoms with Crippen molar-refractivity contribution in [3.8, 4) is 0 Å². The van der Waals surface area contributed by atoms with Crippen molar-refractivity contribution in [2.24, 2.45) is 5.73 Å². The normalized spacial score (nSPS) is 18.7. The van der Waals surface area contributed by atoms with Crippen molar-refractivity contribution in [2.75, 3.05) is 19.6 Å². The predicted molar refractivity (Wildman–Crippen MR) is 73.5 cm³/mol. The van der Waals surface area contributed by atoms with E-state index in [2.05, 4.69) is 10.2 Å². The number of piperidine rings is 1. The number of halogens is 1. The summed E-state index contributed by atoms with van der Waals surface area (Å²) in [5, 5.41) is 12.8. The molecular weight excluding hydrogens is 261 g/mol. The molecule has 6 heteroatoms. The molecule has 2 rings (SSSR count). The Labute approximate surface area is 117 Å². The van der Waals surface area contributed by atoms with Gasteiger partial charge in [-0.3, -0.25) is 0 Å². The van der Waals surface area contributed by atoms with Gasteiger partial charge in [-0.1, -0.05) is 12.1 Å². The van der Waals surface area contributed by atoms with Gasteiger partial charge in [0.25, 0.3) is 0 Å². The molecule has 1 atom stereocenters. The fourth-order valence-corrected chi connectivity index (χ4v) is 2.50. The van der Waals surface area contributed by atoms with Crippen LogP contribution in [0.3, 0.4) is 0 Å². The largest absolute Gasteiger partial charge is 0.387 e. The van der Waals surface area contributed by atoms with Crippen LogP contribution in [-0.4, -0.2) is 41.7 Å². The molecule has 1 unspecified atom stereocenters. The summed E-state index contributed by atoms with van der Waals surface area (Å²) in [4.78, 5) is 12.9. The number of nitrogens with one attached hydrogen (secondary N) is 1. The summed E-state index contributed by atoms with van der Waals surface area (Å²) >= 11 is 0. The third-order valence-corrected chi connectivity index (χ3v) is 3.62. The van der Waals surface area contributed by atoms with Gasteiger partial charge in [0.2, 0.25) is 0 Å². The fraction of sp³-hybridized carbons (Fsp3) is 0.500. The van der Waals surface area contributed by atoms with Crippen LogP contribution in [-0.2, 0) is 0 Å². The van der Waals surface area contributed by atoms with E-state index in [0.29, 0.717) is 12.1 Å². The van der Waals surface area contributed by atoms with Gasteiger partial charge in [0.15, 0.2) is 0 Å². The van der Waals surface area contributed by atoms with E-state index < -0.39 is 12.1 Å². The van der Waals surface area contributed by atoms with Crippen LogP contribution in [0.4, 0.5) is 9.18 Å². The second kappa shape index (κ2) is 6.67. The number of primary amides is 1. The Morgan fingerprint density at radius 3 is 2.55 bits per heavy atom. The van der Waals surface area contributed by atoms with Gasteiger partial charge in [0, 0.05) is 25.7 Å². The fourth-order valence-electron chi connectivity index (χ4n) is 2.50. The molecule has 20 heavy (non-hydrogen) atoms. The maximum absolute atomic E-state index is 12.8. The van der Waals surface area contributed by atoms with Gasteiger partial charge in [-0.25, -0.2) is 9.18 Å². The first-order valence-corrected chi connectivity index (χ1v) is 6.76. The van der Waals surface area contributed by atoms with Gasteiger partial charge in [0.05, 0.1) is 6.10 Å². The van der Waals surface area contributed by atoms with E-state index in [1.807, 2.05) is 0 Å². The Morgan fingerprint density at radius 2 is 2.00 bits per heavy atom. The number of benzene rings is 1. The molecule has 2 amide bonds. The lowest BCUT2D eigenvalue weighted by atomic mass is 10.0. The first-order chi connectivity index (χ1) is 9.54. The zero-order valence-corrected chi connectivity index (χ0v) is 11.3. The third kappa shape index (κ3) is 4.18. The van der Waals surface area contributed by atoms with Gasteiger partial charge < -0.3 is 21.1 Å². The summed E-state index contributed by atoms with van der Waals surface area (Å²) in [6, 6.07) is 5.52. The molecule has 110 valence electrons. The van der Waals surface area contributed by atoms with E-state index >= 15 is 0 Å². The van der Waals surface area contributed by atoms with Gasteiger partial charge >= 0.3 is 6.03 Å². The molecule has 1 aromatic rings. The molecule has 0 saturated carbocycles. The first kappa shape index (κ1) is 14.7. The SMILES string of the molecule is NC(=O)NC1CCN(CC(O)c2ccc(F)cc2)CC1. The summed E-state index contributed by atoms with van der Waals surface area (Å²) in [6.07, 6.45) is 1.01. The van der Waals surface area contributed by atoms with Crippen LogP contribution in [0.25, 0.3) is 0 Å². The molecular formula is C14H20FN3O2. The monoisotopic (exact) mass is 281 g/mol. The van der Waals surface area contributed by atoms with Crippen molar-refractivity contribution >= 4 is 6.03 Å². The van der Waals surface area contributed by atoms with Crippen LogP contribution < -0.4 is 11.1 Å². The molecule has 0 spiro atoms. The van der Waals surface area contributed by atoms with E-state index in [0.717, 1.165) is 25.9 Å². The second-order valence-electron chi connectivity index (χ2n) is 5.15. The van der Waals surface area contributed by atoms with E-state index in [9.17, 15) is 14.3 Å². The lowest BCUT2D eigenvalue weighted by Gasteiger charge is -2.33. The number of carbonyl (C=O) groups is 1. The molecule has 1 heterocycles. The van der Waals surface area contributed by atoms with E-state index in [1.54, 1.807) is 12.1 Å². The average Bonchev–Trinajstić information content (AvgIpc) is 2.41. The molecule has 1 aromatic carbocycles. The van der Waals surface area contributed by atoms with Crippen LogP contribution in [0.5, 0.6) is 0 Å². The number of rotatable bonds is 4. The van der Waals surface area contributed by atoms with Crippen molar-refractivity contribution in [1.82, 2.24) is 10.2 Å². The number of β-amino-alcohol motifs (C(OH)–C–C–N with tert-alkyl or cyclic N) is 1. The summed E-state index contributed by atoms with van der Waals surface area (Å²) in [6.45, 7) is 2.10. The second-order valence-corrected chi connectivity index (χ2v) is 5.15. The first-order valence-electron chi connectivity index (χ1n) is 6.76. The quantitative estimate of drug-likeness (QED) is 0.770. The van der Waals surface area contributed by atoms with Crippen LogP contribution in [0.15, 0.2) is 24.3 Å². The van der Waals surface area contributed by atoms with Gasteiger partial charge in [-0.05, 0) is 30.5 Å². The highest BCUT2D eigenvalue weighted by Gasteiger charge is 2.22. The van der Waals surface area contributed by atoms with Crippen molar-refractivity contribution in [3.05, 3.63) is 35.6 Å². The van der Waals surface area contributed by atoms with Gasteiger partial charge in [-0.2, -0.15) is 0 Å². The number of hydrogen-bond donors (Lipinski definition) is 3. The van der Waals surface area contributed by atoms with Crippen LogP contribution in [0.2, 0.25) is 0 Å². The maximum atomic E-state index is 12.8. The minimum absolute atomic E-state index is 0.117. The zero-order chi connectivity index (χ0) is 14.5. The smallest absolute Gasteiger partial charge is 0.312 e. The number of aliphatic hydroxyl groups is 1.